The average Bonchev–Trinajstić information content (AvgIpc) is 1.61. The summed E-state index contributed by atoms with van der Waals surface area (Å²) >= 11 is 20.8. The maximum Gasteiger partial charge on any atom is 0.494 e. The number of hydrogen-bond acceptors (Lipinski definition) is 8. The number of aromatic amines is 1. The van der Waals surface area contributed by atoms with Crippen LogP contribution in [0.1, 0.15) is 83.1 Å². The molecule has 0 atom stereocenters. The first-order chi connectivity index (χ1) is 61.8. The smallest absolute Gasteiger partial charge is 0.423 e. The molecule has 129 heavy (non-hydrogen) atoms. The van der Waals surface area contributed by atoms with Crippen molar-refractivity contribution in [1.82, 2.24) is 18.7 Å². The van der Waals surface area contributed by atoms with Crippen LogP contribution in [0.5, 0.6) is 0 Å². The molecule has 15 aromatic carbocycles. The lowest BCUT2D eigenvalue weighted by Crippen LogP contribution is -2.41. The molecular weight excluding hydrogens is 1880 g/mol. The molecule has 21 heteroatoms. The van der Waals surface area contributed by atoms with Gasteiger partial charge in [-0.3, -0.25) is 0 Å². The van der Waals surface area contributed by atoms with Crippen molar-refractivity contribution in [1.29, 1.82) is 0 Å². The van der Waals surface area contributed by atoms with Crippen LogP contribution in [0.4, 0.5) is 0 Å². The van der Waals surface area contributed by atoms with E-state index in [4.69, 9.17) is 61.2 Å². The molecule has 0 bridgehead atoms. The molecule has 0 saturated carbocycles. The zero-order chi connectivity index (χ0) is 90.7. The number of hydrogen-bond donors (Lipinski definition) is 3. The van der Waals surface area contributed by atoms with Crippen molar-refractivity contribution in [2.75, 3.05) is 0 Å². The number of halogens is 5. The van der Waals surface area contributed by atoms with Gasteiger partial charge in [-0.15, -0.1) is 0 Å². The highest BCUT2D eigenvalue weighted by atomic mass is 127. The van der Waals surface area contributed by atoms with Crippen LogP contribution in [-0.4, -0.2) is 90.6 Å². The standard InChI is InChI=1S/C30H28BNO2.C24H16ClN.C18H12BrN.C12H24B2O4.C12H9N.C6H6BClO2.C6H4BrI/c1-29(2)30(3,4)34-31(33-29)23-18-16-21(17-19-23)22-10-9-11-24(20-22)32-27-14-7-5-12-25(27)26-13-6-8-15-28(26)32;25-19-14-12-17(13-15-19)18-6-5-7-20(16-18)26-23-10-3-1-8-21(23)22-9-2-4-11-24(22)26;19-13-6-5-7-14(12-13)20-17-10-3-1-8-15(17)16-9-2-4-11-18(16)20;1-9(2)10(3,4)16-13(15-9)14-17-11(5,6)12(7,8)18-14;1-3-7-11-9(5-1)10-6-2-4-8-12(10)13-11;8-6-3-1-5(2-4-6)7(9)10;7-5-2-1-3-6(8)4-5/h5-20H,1-4H3;1-16H;1-12H;1-8H3;1-8,13H;1-4,9-10H;1-4H. The van der Waals surface area contributed by atoms with E-state index < -0.39 is 21.1 Å². The minimum Gasteiger partial charge on any atom is -0.423 e. The van der Waals surface area contributed by atoms with Crippen molar-refractivity contribution < 1.29 is 38.0 Å². The van der Waals surface area contributed by atoms with Gasteiger partial charge in [0.2, 0.25) is 0 Å². The lowest BCUT2D eigenvalue weighted by Gasteiger charge is -2.32. The summed E-state index contributed by atoms with van der Waals surface area (Å²) in [5, 5.41) is 28.9. The summed E-state index contributed by atoms with van der Waals surface area (Å²) in [6.07, 6.45) is 0. The average molecular weight is 1980 g/mol. The minimum absolute atomic E-state index is 0.340. The Bertz CT molecular complexity index is 6890. The lowest BCUT2D eigenvalue weighted by molar-refractivity contribution is 0.00578. The molecular formula is C108H99B4Br2Cl2IN4O8. The van der Waals surface area contributed by atoms with E-state index in [-0.39, 0.29) is 40.7 Å². The summed E-state index contributed by atoms with van der Waals surface area (Å²) in [5.41, 5.74) is 17.4. The van der Waals surface area contributed by atoms with Crippen LogP contribution in [0, 0.1) is 3.57 Å². The number of H-pyrrole nitrogens is 1. The van der Waals surface area contributed by atoms with E-state index in [1.807, 2.05) is 79.7 Å². The number of benzene rings is 15. The highest BCUT2D eigenvalue weighted by Gasteiger charge is 2.64. The largest absolute Gasteiger partial charge is 0.494 e. The van der Waals surface area contributed by atoms with E-state index >= 15 is 0 Å². The number of fused-ring (bicyclic) bond motifs is 12. The van der Waals surface area contributed by atoms with Crippen LogP contribution < -0.4 is 10.9 Å². The maximum absolute atomic E-state index is 8.63. The van der Waals surface area contributed by atoms with E-state index in [1.165, 1.54) is 113 Å². The van der Waals surface area contributed by atoms with Gasteiger partial charge in [0.25, 0.3) is 0 Å². The van der Waals surface area contributed by atoms with Crippen molar-refractivity contribution in [3.8, 4) is 39.3 Å². The topological polar surface area (TPSA) is 126 Å². The summed E-state index contributed by atoms with van der Waals surface area (Å²) in [6.45, 7) is 24.5. The van der Waals surface area contributed by atoms with Crippen LogP contribution in [-0.2, 0) is 27.9 Å². The highest BCUT2D eigenvalue weighted by Crippen LogP contribution is 2.45. The van der Waals surface area contributed by atoms with Gasteiger partial charge in [0.1, 0.15) is 0 Å². The Morgan fingerprint density at radius 2 is 0.574 bits per heavy atom. The number of aromatic nitrogens is 4. The normalized spacial score (nSPS) is 15.4. The van der Waals surface area contributed by atoms with Crippen LogP contribution in [0.3, 0.4) is 0 Å². The van der Waals surface area contributed by atoms with E-state index in [0.717, 1.165) is 36.4 Å². The second-order valence-corrected chi connectivity index (χ2v) is 39.2. The Morgan fingerprint density at radius 3 is 0.891 bits per heavy atom. The predicted octanol–water partition coefficient (Wildman–Crippen LogP) is 28.0. The second-order valence-electron chi connectivity index (χ2n) is 35.2. The fourth-order valence-electron chi connectivity index (χ4n) is 16.2. The third-order valence-electron chi connectivity index (χ3n) is 25.1. The first kappa shape index (κ1) is 92.0. The molecule has 4 aromatic heterocycles. The molecule has 7 heterocycles. The van der Waals surface area contributed by atoms with Crippen molar-refractivity contribution in [3.05, 3.63) is 387 Å². The predicted molar refractivity (Wildman–Crippen MR) is 558 cm³/mol. The van der Waals surface area contributed by atoms with Crippen molar-refractivity contribution in [2.45, 2.75) is 117 Å². The van der Waals surface area contributed by atoms with Gasteiger partial charge >= 0.3 is 28.3 Å². The number of nitrogens with zero attached hydrogens (tertiary/aromatic N) is 3. The Morgan fingerprint density at radius 1 is 0.295 bits per heavy atom. The van der Waals surface area contributed by atoms with Gasteiger partial charge in [-0.05, 0) is 272 Å². The van der Waals surface area contributed by atoms with Gasteiger partial charge < -0.3 is 56.7 Å². The summed E-state index contributed by atoms with van der Waals surface area (Å²) in [6, 6.07) is 125. The fraction of sp³-hybridized carbons (Fsp3) is 0.167. The third kappa shape index (κ3) is 20.0. The van der Waals surface area contributed by atoms with E-state index in [2.05, 4.69) is 416 Å². The molecule has 646 valence electrons. The molecule has 3 aliphatic heterocycles. The van der Waals surface area contributed by atoms with Gasteiger partial charge in [0.15, 0.2) is 0 Å². The number of rotatable bonds is 8. The number of nitrogens with one attached hydrogen (secondary N) is 1. The van der Waals surface area contributed by atoms with Gasteiger partial charge in [0, 0.05) is 93.7 Å². The zero-order valence-electron chi connectivity index (χ0n) is 74.0. The molecule has 3 N–H and O–H groups in total. The quantitative estimate of drug-likeness (QED) is 0.101. The Kier molecular flexibility index (Phi) is 27.6. The Hall–Kier alpha value is -10.3. The van der Waals surface area contributed by atoms with Gasteiger partial charge in [-0.2, -0.15) is 0 Å². The fourth-order valence-corrected chi connectivity index (χ4v) is 18.2. The van der Waals surface area contributed by atoms with E-state index in [0.29, 0.717) is 10.5 Å². The second kappa shape index (κ2) is 38.6. The van der Waals surface area contributed by atoms with Crippen molar-refractivity contribution in [3.63, 3.8) is 0 Å². The molecule has 0 spiro atoms. The van der Waals surface area contributed by atoms with Gasteiger partial charge in [-0.25, -0.2) is 0 Å². The lowest BCUT2D eigenvalue weighted by atomic mass is 9.49. The Labute approximate surface area is 796 Å². The van der Waals surface area contributed by atoms with Gasteiger partial charge in [-0.1, -0.05) is 286 Å². The van der Waals surface area contributed by atoms with Crippen LogP contribution in [0.25, 0.3) is 127 Å². The first-order valence-corrected chi connectivity index (χ1v) is 46.6. The van der Waals surface area contributed by atoms with E-state index in [9.17, 15) is 0 Å². The third-order valence-corrected chi connectivity index (χ3v) is 27.3. The molecule has 22 rings (SSSR count). The van der Waals surface area contributed by atoms with Crippen LogP contribution in [0.2, 0.25) is 10.0 Å². The molecule has 0 radical (unpaired) electrons. The van der Waals surface area contributed by atoms with Gasteiger partial charge in [0.05, 0.1) is 66.7 Å². The van der Waals surface area contributed by atoms with Crippen LogP contribution in [0.15, 0.2) is 373 Å². The van der Waals surface area contributed by atoms with Crippen molar-refractivity contribution in [2.24, 2.45) is 0 Å². The molecule has 0 amide bonds. The SMILES string of the molecule is Brc1cccc(-n2c3ccccc3c3ccccc32)c1.Brc1cccc(I)c1.CC1(C)OB(B2OC(C)(C)C(C)(C)O2)OC1(C)C.CC1(C)OB(c2ccc(-c3cccc(-n4c5ccccc5c5ccccc54)c3)cc2)OC1(C)C.Clc1ccc(-c2cccc(-n3c4ccccc4c4ccccc43)c2)cc1.OB(O)c1ccc(Cl)cc1.c1ccc2c(c1)[nH]c1ccccc12. The molecule has 12 nitrogen and oxygen atoms in total. The molecule has 3 aliphatic rings. The summed E-state index contributed by atoms with van der Waals surface area (Å²) in [7, 11) is -2.70. The van der Waals surface area contributed by atoms with E-state index in [1.54, 1.807) is 24.3 Å². The molecule has 0 aliphatic carbocycles. The maximum atomic E-state index is 8.63. The zero-order valence-corrected chi connectivity index (χ0v) is 80.9. The summed E-state index contributed by atoms with van der Waals surface area (Å²) < 4.78 is 46.8. The summed E-state index contributed by atoms with van der Waals surface area (Å²) in [4.78, 5) is 3.38. The Balaban J connectivity index is 0.000000115. The minimum atomic E-state index is -1.41. The molecule has 3 saturated heterocycles. The molecule has 3 fully saturated rings. The molecule has 0 unspecified atom stereocenters. The first-order valence-electron chi connectivity index (χ1n) is 43.1. The highest BCUT2D eigenvalue weighted by molar-refractivity contribution is 14.1. The number of para-hydroxylation sites is 8. The van der Waals surface area contributed by atoms with Crippen LogP contribution >= 0.6 is 77.7 Å². The summed E-state index contributed by atoms with van der Waals surface area (Å²) in [5.74, 6) is 0. The van der Waals surface area contributed by atoms with Crippen molar-refractivity contribution >= 4 is 204 Å². The monoisotopic (exact) mass is 1980 g/mol. The molecule has 19 aromatic rings.